The van der Waals surface area contributed by atoms with Gasteiger partial charge in [-0.05, 0) is 5.56 Å². The second kappa shape index (κ2) is 13.4. The number of carbonyl (C=O) groups is 2. The Morgan fingerprint density at radius 1 is 1.05 bits per heavy atom. The highest BCUT2D eigenvalue weighted by atomic mass is 17.1. The van der Waals surface area contributed by atoms with E-state index in [0.717, 1.165) is 12.2 Å². The topological polar surface area (TPSA) is 83.8 Å². The number of carbonyl (C=O) groups excluding carboxylic acids is 1. The SMILES string of the molecule is C=CC(=O)O.C=CC(=O)OO.C=Cc1ccccc1. The summed E-state index contributed by atoms with van der Waals surface area (Å²) >= 11 is 0. The average Bonchev–Trinajstić information content (AvgIpc) is 2.48. The second-order valence-electron chi connectivity index (χ2n) is 2.77. The Hall–Kier alpha value is -2.66. The standard InChI is InChI=1S/C8H8.C3H4O3.C3H4O2/c1-2-8-6-4-3-5-7-8;1-2-3(4)6-5;1-2-3(4)5/h2-7H,1H2;2,5H,1H2;2H,1H2,(H,4,5). The van der Waals surface area contributed by atoms with E-state index >= 15 is 0 Å². The molecule has 0 unspecified atom stereocenters. The maximum absolute atomic E-state index is 9.59. The first-order valence-electron chi connectivity index (χ1n) is 5.02. The van der Waals surface area contributed by atoms with E-state index < -0.39 is 11.9 Å². The summed E-state index contributed by atoms with van der Waals surface area (Å²) in [6, 6.07) is 10.0. The van der Waals surface area contributed by atoms with E-state index in [9.17, 15) is 9.59 Å². The molecule has 0 radical (unpaired) electrons. The highest BCUT2D eigenvalue weighted by molar-refractivity contribution is 5.80. The van der Waals surface area contributed by atoms with E-state index in [1.807, 2.05) is 36.4 Å². The van der Waals surface area contributed by atoms with Crippen molar-refractivity contribution in [2.45, 2.75) is 0 Å². The van der Waals surface area contributed by atoms with Crippen LogP contribution in [0.15, 0.2) is 62.2 Å². The normalized spacial score (nSPS) is 7.42. The molecule has 0 aliphatic rings. The van der Waals surface area contributed by atoms with Gasteiger partial charge in [0.25, 0.3) is 0 Å². The Morgan fingerprint density at radius 3 is 1.68 bits per heavy atom. The maximum atomic E-state index is 9.59. The zero-order chi connectivity index (χ0) is 15.1. The van der Waals surface area contributed by atoms with Gasteiger partial charge in [0.05, 0.1) is 0 Å². The Labute approximate surface area is 111 Å². The summed E-state index contributed by atoms with van der Waals surface area (Å²) in [5.74, 6) is -1.82. The van der Waals surface area contributed by atoms with Crippen molar-refractivity contribution in [2.75, 3.05) is 0 Å². The largest absolute Gasteiger partial charge is 0.478 e. The molecule has 0 amide bonds. The van der Waals surface area contributed by atoms with Crippen LogP contribution in [-0.4, -0.2) is 22.3 Å². The van der Waals surface area contributed by atoms with Crippen molar-refractivity contribution in [1.29, 1.82) is 0 Å². The van der Waals surface area contributed by atoms with E-state index in [2.05, 4.69) is 24.6 Å². The van der Waals surface area contributed by atoms with Gasteiger partial charge in [0.2, 0.25) is 0 Å². The maximum Gasteiger partial charge on any atom is 0.365 e. The van der Waals surface area contributed by atoms with E-state index in [1.54, 1.807) is 0 Å². The smallest absolute Gasteiger partial charge is 0.365 e. The Balaban J connectivity index is 0. The molecule has 0 aliphatic carbocycles. The summed E-state index contributed by atoms with van der Waals surface area (Å²) in [4.78, 5) is 22.0. The van der Waals surface area contributed by atoms with E-state index in [4.69, 9.17) is 10.4 Å². The predicted octanol–water partition coefficient (Wildman–Crippen LogP) is 2.78. The molecule has 5 heteroatoms. The van der Waals surface area contributed by atoms with Crippen molar-refractivity contribution in [3.8, 4) is 0 Å². The first kappa shape index (κ1) is 18.7. The van der Waals surface area contributed by atoms with Gasteiger partial charge in [-0.2, -0.15) is 5.26 Å². The molecular weight excluding hydrogens is 248 g/mol. The van der Waals surface area contributed by atoms with Gasteiger partial charge in [0.1, 0.15) is 0 Å². The molecule has 1 aromatic rings. The molecule has 0 aliphatic heterocycles. The lowest BCUT2D eigenvalue weighted by Crippen LogP contribution is -1.92. The molecular formula is C14H16O5. The number of carboxylic acids is 1. The van der Waals surface area contributed by atoms with Crippen molar-refractivity contribution in [2.24, 2.45) is 0 Å². The van der Waals surface area contributed by atoms with Gasteiger partial charge in [-0.1, -0.05) is 56.1 Å². The van der Waals surface area contributed by atoms with Crippen molar-refractivity contribution in [1.82, 2.24) is 0 Å². The summed E-state index contributed by atoms with van der Waals surface area (Å²) in [5.41, 5.74) is 1.17. The van der Waals surface area contributed by atoms with Gasteiger partial charge in [0.15, 0.2) is 0 Å². The molecule has 0 aromatic heterocycles. The minimum absolute atomic E-state index is 0.833. The molecule has 2 N–H and O–H groups in total. The third kappa shape index (κ3) is 15.3. The third-order valence-corrected chi connectivity index (χ3v) is 1.47. The summed E-state index contributed by atoms with van der Waals surface area (Å²) in [6.07, 6.45) is 3.53. The van der Waals surface area contributed by atoms with Crippen LogP contribution in [0.5, 0.6) is 0 Å². The van der Waals surface area contributed by atoms with Crippen LogP contribution in [0.2, 0.25) is 0 Å². The zero-order valence-electron chi connectivity index (χ0n) is 10.4. The van der Waals surface area contributed by atoms with Crippen LogP contribution < -0.4 is 0 Å². The van der Waals surface area contributed by atoms with Crippen LogP contribution in [0, 0.1) is 0 Å². The van der Waals surface area contributed by atoms with Crippen molar-refractivity contribution >= 4 is 18.0 Å². The number of rotatable bonds is 3. The molecule has 0 fully saturated rings. The average molecular weight is 264 g/mol. The molecule has 0 saturated heterocycles. The Morgan fingerprint density at radius 2 is 1.53 bits per heavy atom. The fraction of sp³-hybridized carbons (Fsp3) is 0. The van der Waals surface area contributed by atoms with Crippen molar-refractivity contribution in [3.05, 3.63) is 67.8 Å². The van der Waals surface area contributed by atoms with Gasteiger partial charge in [-0.15, -0.1) is 0 Å². The lowest BCUT2D eigenvalue weighted by atomic mass is 10.2. The van der Waals surface area contributed by atoms with E-state index in [0.29, 0.717) is 0 Å². The number of aliphatic carboxylic acids is 1. The molecule has 1 aromatic carbocycles. The van der Waals surface area contributed by atoms with Crippen LogP contribution in [-0.2, 0) is 14.5 Å². The van der Waals surface area contributed by atoms with Crippen molar-refractivity contribution < 1.29 is 24.8 Å². The van der Waals surface area contributed by atoms with Gasteiger partial charge in [0, 0.05) is 12.2 Å². The summed E-state index contributed by atoms with van der Waals surface area (Å²) in [5, 5.41) is 15.0. The minimum atomic E-state index is -0.981. The molecule has 1 rings (SSSR count). The van der Waals surface area contributed by atoms with E-state index in [1.165, 1.54) is 5.56 Å². The lowest BCUT2D eigenvalue weighted by molar-refractivity contribution is -0.228. The number of carboxylic acid groups (broad SMARTS) is 1. The monoisotopic (exact) mass is 264 g/mol. The second-order valence-corrected chi connectivity index (χ2v) is 2.77. The Kier molecular flexibility index (Phi) is 13.2. The number of benzene rings is 1. The molecule has 0 saturated carbocycles. The number of hydrogen-bond donors (Lipinski definition) is 2. The first-order valence-corrected chi connectivity index (χ1v) is 5.02. The summed E-state index contributed by atoms with van der Waals surface area (Å²) in [6.45, 7) is 9.59. The van der Waals surface area contributed by atoms with Crippen LogP contribution >= 0.6 is 0 Å². The van der Waals surface area contributed by atoms with Crippen LogP contribution in [0.1, 0.15) is 5.56 Å². The minimum Gasteiger partial charge on any atom is -0.478 e. The highest BCUT2D eigenvalue weighted by Gasteiger charge is 1.85. The quantitative estimate of drug-likeness (QED) is 0.498. The fourth-order valence-corrected chi connectivity index (χ4v) is 0.626. The number of hydrogen-bond acceptors (Lipinski definition) is 4. The van der Waals surface area contributed by atoms with Gasteiger partial charge >= 0.3 is 11.9 Å². The summed E-state index contributed by atoms with van der Waals surface area (Å²) in [7, 11) is 0. The van der Waals surface area contributed by atoms with Gasteiger partial charge in [-0.3, -0.25) is 4.89 Å². The third-order valence-electron chi connectivity index (χ3n) is 1.47. The van der Waals surface area contributed by atoms with Crippen molar-refractivity contribution in [3.63, 3.8) is 0 Å². The highest BCUT2D eigenvalue weighted by Crippen LogP contribution is 1.97. The Bertz CT molecular complexity index is 409. The summed E-state index contributed by atoms with van der Waals surface area (Å²) < 4.78 is 0. The molecule has 0 bridgehead atoms. The molecule has 0 heterocycles. The zero-order valence-corrected chi connectivity index (χ0v) is 10.4. The molecule has 5 nitrogen and oxygen atoms in total. The lowest BCUT2D eigenvalue weighted by Gasteiger charge is -1.85. The first-order chi connectivity index (χ1) is 9.01. The molecule has 0 atom stereocenters. The molecule has 19 heavy (non-hydrogen) atoms. The van der Waals surface area contributed by atoms with E-state index in [-0.39, 0.29) is 0 Å². The predicted molar refractivity (Wildman–Crippen MR) is 73.3 cm³/mol. The fourth-order valence-electron chi connectivity index (χ4n) is 0.626. The molecule has 102 valence electrons. The van der Waals surface area contributed by atoms with Crippen LogP contribution in [0.3, 0.4) is 0 Å². The van der Waals surface area contributed by atoms with Crippen LogP contribution in [0.25, 0.3) is 6.08 Å². The van der Waals surface area contributed by atoms with Crippen LogP contribution in [0.4, 0.5) is 0 Å². The molecule has 0 spiro atoms. The van der Waals surface area contributed by atoms with Gasteiger partial charge < -0.3 is 5.11 Å². The van der Waals surface area contributed by atoms with Gasteiger partial charge in [-0.25, -0.2) is 9.59 Å².